The van der Waals surface area contributed by atoms with Gasteiger partial charge in [-0.2, -0.15) is 0 Å². The second-order valence-corrected chi connectivity index (χ2v) is 8.24. The monoisotopic (exact) mass is 446 g/mol. The van der Waals surface area contributed by atoms with E-state index in [1.54, 1.807) is 39.0 Å². The van der Waals surface area contributed by atoms with Crippen LogP contribution in [0.3, 0.4) is 0 Å². The zero-order valence-electron chi connectivity index (χ0n) is 18.7. The molecule has 10 nitrogen and oxygen atoms in total. The molecule has 0 atom stereocenters. The minimum atomic E-state index is -0.759. The molecular formula is C22H26N2O8. The van der Waals surface area contributed by atoms with Gasteiger partial charge in [0.15, 0.2) is 0 Å². The molecule has 172 valence electrons. The number of carbonyl (C=O) groups excluding carboxylic acids is 4. The van der Waals surface area contributed by atoms with Gasteiger partial charge in [0, 0.05) is 12.1 Å². The molecule has 0 unspecified atom stereocenters. The van der Waals surface area contributed by atoms with Crippen molar-refractivity contribution in [2.24, 2.45) is 0 Å². The Balaban J connectivity index is 2.02. The van der Waals surface area contributed by atoms with Gasteiger partial charge in [-0.05, 0) is 51.0 Å². The van der Waals surface area contributed by atoms with Crippen LogP contribution in [0.15, 0.2) is 29.5 Å². The summed E-state index contributed by atoms with van der Waals surface area (Å²) in [6.45, 7) is 5.07. The normalized spacial score (nSPS) is 16.5. The van der Waals surface area contributed by atoms with E-state index < -0.39 is 23.6 Å². The summed E-state index contributed by atoms with van der Waals surface area (Å²) in [4.78, 5) is 52.3. The molecule has 0 spiro atoms. The van der Waals surface area contributed by atoms with E-state index in [9.17, 15) is 19.2 Å². The molecule has 0 aliphatic carbocycles. The lowest BCUT2D eigenvalue weighted by molar-refractivity contribution is -0.140. The van der Waals surface area contributed by atoms with Crippen LogP contribution in [0.25, 0.3) is 0 Å². The first-order chi connectivity index (χ1) is 15.1. The van der Waals surface area contributed by atoms with Gasteiger partial charge in [0.1, 0.15) is 18.0 Å². The fourth-order valence-electron chi connectivity index (χ4n) is 3.50. The second kappa shape index (κ2) is 8.99. The summed E-state index contributed by atoms with van der Waals surface area (Å²) in [7, 11) is 2.43. The summed E-state index contributed by atoms with van der Waals surface area (Å²) in [5.41, 5.74) is 0.945. The van der Waals surface area contributed by atoms with Crippen molar-refractivity contribution in [2.75, 3.05) is 37.4 Å². The largest absolute Gasteiger partial charge is 0.466 e. The molecule has 1 aromatic carbocycles. The van der Waals surface area contributed by atoms with Crippen LogP contribution >= 0.6 is 0 Å². The first-order valence-electron chi connectivity index (χ1n) is 10.0. The maximum absolute atomic E-state index is 12.6. The predicted octanol–water partition coefficient (Wildman–Crippen LogP) is 2.30. The van der Waals surface area contributed by atoms with Gasteiger partial charge < -0.3 is 23.8 Å². The van der Waals surface area contributed by atoms with Crippen LogP contribution in [-0.4, -0.2) is 57.1 Å². The van der Waals surface area contributed by atoms with Crippen LogP contribution in [0.5, 0.6) is 0 Å². The molecule has 0 N–H and O–H groups in total. The number of rotatable bonds is 3. The van der Waals surface area contributed by atoms with E-state index in [1.165, 1.54) is 19.1 Å². The molecule has 0 saturated heterocycles. The number of hydrogen-bond donors (Lipinski definition) is 0. The summed E-state index contributed by atoms with van der Waals surface area (Å²) in [5, 5.41) is 0. The molecule has 0 saturated carbocycles. The van der Waals surface area contributed by atoms with Gasteiger partial charge >= 0.3 is 18.0 Å². The maximum atomic E-state index is 12.6. The SMILES string of the molecule is COC(=O)C1=C(C(=O)OC)N(c2ccc3c(c2)CCC(=O)N3C(=O)OC(C)(C)C)COC1. The minimum absolute atomic E-state index is 0.00156. The van der Waals surface area contributed by atoms with Gasteiger partial charge in [-0.25, -0.2) is 19.3 Å². The number of imide groups is 1. The lowest BCUT2D eigenvalue weighted by atomic mass is 10.00. The molecule has 0 fully saturated rings. The van der Waals surface area contributed by atoms with Crippen molar-refractivity contribution in [3.05, 3.63) is 35.0 Å². The fourth-order valence-corrected chi connectivity index (χ4v) is 3.50. The van der Waals surface area contributed by atoms with E-state index >= 15 is 0 Å². The van der Waals surface area contributed by atoms with Gasteiger partial charge in [-0.15, -0.1) is 0 Å². The topological polar surface area (TPSA) is 112 Å². The first-order valence-corrected chi connectivity index (χ1v) is 10.0. The summed E-state index contributed by atoms with van der Waals surface area (Å²) < 4.78 is 20.5. The van der Waals surface area contributed by atoms with E-state index in [0.29, 0.717) is 23.4 Å². The highest BCUT2D eigenvalue weighted by Crippen LogP contribution is 2.35. The van der Waals surface area contributed by atoms with E-state index in [2.05, 4.69) is 0 Å². The van der Waals surface area contributed by atoms with Gasteiger partial charge in [0.2, 0.25) is 5.91 Å². The number of nitrogens with zero attached hydrogens (tertiary/aromatic N) is 2. The predicted molar refractivity (Wildman–Crippen MR) is 113 cm³/mol. The molecule has 3 rings (SSSR count). The molecule has 10 heteroatoms. The molecule has 32 heavy (non-hydrogen) atoms. The lowest BCUT2D eigenvalue weighted by Gasteiger charge is -2.33. The lowest BCUT2D eigenvalue weighted by Crippen LogP contribution is -2.43. The first kappa shape index (κ1) is 23.3. The van der Waals surface area contributed by atoms with E-state index in [0.717, 1.165) is 4.90 Å². The molecule has 0 bridgehead atoms. The average molecular weight is 446 g/mol. The summed E-state index contributed by atoms with van der Waals surface area (Å²) in [6.07, 6.45) is -0.225. The van der Waals surface area contributed by atoms with Crippen molar-refractivity contribution in [3.8, 4) is 0 Å². The molecule has 0 aromatic heterocycles. The Morgan fingerprint density at radius 3 is 2.34 bits per heavy atom. The Hall–Kier alpha value is -3.40. The Kier molecular flexibility index (Phi) is 6.54. The minimum Gasteiger partial charge on any atom is -0.466 e. The van der Waals surface area contributed by atoms with Crippen LogP contribution in [0, 0.1) is 0 Å². The van der Waals surface area contributed by atoms with Gasteiger partial charge in [-0.3, -0.25) is 4.79 Å². The second-order valence-electron chi connectivity index (χ2n) is 8.24. The Morgan fingerprint density at radius 1 is 1.03 bits per heavy atom. The van der Waals surface area contributed by atoms with Crippen LogP contribution in [0.2, 0.25) is 0 Å². The number of amides is 2. The number of fused-ring (bicyclic) bond motifs is 1. The summed E-state index contributed by atoms with van der Waals surface area (Å²) in [5.74, 6) is -1.77. The van der Waals surface area contributed by atoms with Crippen molar-refractivity contribution in [2.45, 2.75) is 39.2 Å². The van der Waals surface area contributed by atoms with Crippen molar-refractivity contribution in [1.29, 1.82) is 0 Å². The number of carbonyl (C=O) groups is 4. The van der Waals surface area contributed by atoms with Crippen molar-refractivity contribution in [3.63, 3.8) is 0 Å². The highest BCUT2D eigenvalue weighted by Gasteiger charge is 2.35. The standard InChI is InChI=1S/C22H26N2O8/c1-22(2,3)32-21(28)24-16-8-7-14(10-13(16)6-9-17(24)25)23-12-31-11-15(19(26)29-4)18(23)20(27)30-5/h7-8,10H,6,9,11-12H2,1-5H3. The Morgan fingerprint density at radius 2 is 1.72 bits per heavy atom. The number of methoxy groups -OCH3 is 2. The fraction of sp³-hybridized carbons (Fsp3) is 0.455. The van der Waals surface area contributed by atoms with Crippen LogP contribution in [0.1, 0.15) is 32.8 Å². The third-order valence-electron chi connectivity index (χ3n) is 4.88. The average Bonchev–Trinajstić information content (AvgIpc) is 2.75. The van der Waals surface area contributed by atoms with Gasteiger partial charge in [0.25, 0.3) is 0 Å². The highest BCUT2D eigenvalue weighted by atomic mass is 16.6. The van der Waals surface area contributed by atoms with Crippen LogP contribution in [-0.2, 0) is 39.8 Å². The number of hydrogen-bond acceptors (Lipinski definition) is 9. The quantitative estimate of drug-likeness (QED) is 0.510. The molecule has 2 amide bonds. The smallest absolute Gasteiger partial charge is 0.421 e. The molecule has 0 radical (unpaired) electrons. The summed E-state index contributed by atoms with van der Waals surface area (Å²) >= 11 is 0. The molecular weight excluding hydrogens is 420 g/mol. The van der Waals surface area contributed by atoms with Crippen molar-refractivity contribution >= 4 is 35.3 Å². The third kappa shape index (κ3) is 4.59. The number of aryl methyl sites for hydroxylation is 1. The van der Waals surface area contributed by atoms with Crippen molar-refractivity contribution in [1.82, 2.24) is 0 Å². The zero-order chi connectivity index (χ0) is 23.6. The Labute approximate surface area is 185 Å². The zero-order valence-corrected chi connectivity index (χ0v) is 18.7. The molecule has 1 aromatic rings. The molecule has 2 heterocycles. The number of benzene rings is 1. The molecule has 2 aliphatic heterocycles. The number of ether oxygens (including phenoxy) is 4. The molecule has 2 aliphatic rings. The number of anilines is 2. The van der Waals surface area contributed by atoms with Crippen LogP contribution in [0.4, 0.5) is 16.2 Å². The van der Waals surface area contributed by atoms with Crippen LogP contribution < -0.4 is 9.80 Å². The maximum Gasteiger partial charge on any atom is 0.421 e. The summed E-state index contributed by atoms with van der Waals surface area (Å²) in [6, 6.07) is 4.97. The van der Waals surface area contributed by atoms with Gasteiger partial charge in [0.05, 0.1) is 32.1 Å². The van der Waals surface area contributed by atoms with Crippen molar-refractivity contribution < 1.29 is 38.1 Å². The van der Waals surface area contributed by atoms with E-state index in [1.807, 2.05) is 0 Å². The number of esters is 2. The Bertz CT molecular complexity index is 992. The third-order valence-corrected chi connectivity index (χ3v) is 4.88. The van der Waals surface area contributed by atoms with E-state index in [-0.39, 0.29) is 36.9 Å². The highest BCUT2D eigenvalue weighted by molar-refractivity contribution is 6.14. The van der Waals surface area contributed by atoms with E-state index in [4.69, 9.17) is 18.9 Å². The van der Waals surface area contributed by atoms with Gasteiger partial charge in [-0.1, -0.05) is 0 Å².